The van der Waals surface area contributed by atoms with Gasteiger partial charge in [0.15, 0.2) is 12.0 Å². The molecule has 2 atom stereocenters. The Balaban J connectivity index is 1.65. The maximum atomic E-state index is 12.1. The molecular weight excluding hydrogens is 499 g/mol. The van der Waals surface area contributed by atoms with Gasteiger partial charge in [-0.2, -0.15) is 10.3 Å². The highest BCUT2D eigenvalue weighted by Crippen LogP contribution is 2.39. The van der Waals surface area contributed by atoms with Crippen LogP contribution >= 0.6 is 23.2 Å². The van der Waals surface area contributed by atoms with Crippen LogP contribution in [-0.2, 0) is 9.53 Å². The number of carbonyl (C=O) groups is 2. The number of imide groups is 1. The largest absolute Gasteiger partial charge is 0.434 e. The molecule has 1 aromatic carbocycles. The Morgan fingerprint density at radius 2 is 1.94 bits per heavy atom. The minimum atomic E-state index is -1.03. The summed E-state index contributed by atoms with van der Waals surface area (Å²) in [4.78, 5) is 23.7. The lowest BCUT2D eigenvalue weighted by Crippen LogP contribution is -2.47. The molecule has 4 rings (SSSR count). The van der Waals surface area contributed by atoms with Gasteiger partial charge in [0.25, 0.3) is 0 Å². The van der Waals surface area contributed by atoms with Gasteiger partial charge in [-0.15, -0.1) is 15.5 Å². The van der Waals surface area contributed by atoms with Crippen molar-refractivity contribution >= 4 is 52.4 Å². The molecule has 183 valence electrons. The highest BCUT2D eigenvalue weighted by molar-refractivity contribution is 6.49. The van der Waals surface area contributed by atoms with Gasteiger partial charge in [-0.25, -0.2) is 9.80 Å². The Morgan fingerprint density at radius 1 is 1.23 bits per heavy atom. The zero-order chi connectivity index (χ0) is 25.3. The summed E-state index contributed by atoms with van der Waals surface area (Å²) in [5.41, 5.74) is 0.207. The van der Waals surface area contributed by atoms with E-state index in [1.54, 1.807) is 12.1 Å². The number of aliphatic hydroxyl groups excluding tert-OH is 1. The number of hydrogen-bond acceptors (Lipinski definition) is 9. The zero-order valence-electron chi connectivity index (χ0n) is 18.8. The van der Waals surface area contributed by atoms with E-state index in [1.807, 2.05) is 13.8 Å². The van der Waals surface area contributed by atoms with Crippen LogP contribution < -0.4 is 15.1 Å². The molecule has 0 aliphatic carbocycles. The van der Waals surface area contributed by atoms with E-state index in [9.17, 15) is 14.7 Å². The molecule has 0 bridgehead atoms. The van der Waals surface area contributed by atoms with E-state index in [0.717, 1.165) is 17.9 Å². The fraction of sp³-hybridized carbons (Fsp3) is 0.409. The summed E-state index contributed by atoms with van der Waals surface area (Å²) in [5, 5.41) is 33.5. The minimum absolute atomic E-state index is 0.0118. The first kappa shape index (κ1) is 24.9. The van der Waals surface area contributed by atoms with Crippen LogP contribution in [-0.4, -0.2) is 52.7 Å². The van der Waals surface area contributed by atoms with Crippen molar-refractivity contribution in [3.8, 4) is 11.8 Å². The lowest BCUT2D eigenvalue weighted by Gasteiger charge is -2.38. The van der Waals surface area contributed by atoms with Crippen molar-refractivity contribution in [3.63, 3.8) is 0 Å². The Morgan fingerprint density at radius 3 is 2.54 bits per heavy atom. The van der Waals surface area contributed by atoms with E-state index in [2.05, 4.69) is 15.5 Å². The van der Waals surface area contributed by atoms with Crippen molar-refractivity contribution in [2.24, 2.45) is 16.1 Å². The van der Waals surface area contributed by atoms with Crippen LogP contribution in [0.4, 0.5) is 10.5 Å². The zero-order valence-corrected chi connectivity index (χ0v) is 20.3. The molecule has 2 unspecified atom stereocenters. The van der Waals surface area contributed by atoms with Gasteiger partial charge in [-0.1, -0.05) is 37.0 Å². The van der Waals surface area contributed by atoms with Crippen LogP contribution in [0, 0.1) is 17.2 Å². The molecular formula is C22H21Cl2N6O5. The average molecular weight is 520 g/mol. The summed E-state index contributed by atoms with van der Waals surface area (Å²) in [6, 6.07) is 3.25. The predicted octanol–water partition coefficient (Wildman–Crippen LogP) is 3.38. The summed E-state index contributed by atoms with van der Waals surface area (Å²) in [6.07, 6.45) is 2.84. The number of halogens is 2. The Kier molecular flexibility index (Phi) is 7.28. The molecule has 3 aliphatic rings. The van der Waals surface area contributed by atoms with Gasteiger partial charge in [0, 0.05) is 12.7 Å². The van der Waals surface area contributed by atoms with E-state index >= 15 is 0 Å². The third-order valence-electron chi connectivity index (χ3n) is 5.49. The normalized spacial score (nSPS) is 22.8. The topological polar surface area (TPSA) is 142 Å². The number of benzene rings is 1. The van der Waals surface area contributed by atoms with Gasteiger partial charge in [0.1, 0.15) is 12.3 Å². The molecule has 0 aromatic heterocycles. The number of urea groups is 1. The van der Waals surface area contributed by atoms with Gasteiger partial charge in [0.2, 0.25) is 11.6 Å². The number of ether oxygens (including phenoxy) is 2. The standard InChI is InChI=1S/C22H21Cl2N6O5/c1-11(2)13-9-17(28-30(21(13)32)18-5-3-4-6-34-18)35-19-14(23)7-12(8-15(19)24)29-22(33)26-20(31)16(10-25)27-29/h7-9,11,18,21,32H,3-6H2,1-2H3. The van der Waals surface area contributed by atoms with Crippen LogP contribution in [0.1, 0.15) is 33.1 Å². The highest BCUT2D eigenvalue weighted by Gasteiger charge is 2.34. The second-order valence-corrected chi connectivity index (χ2v) is 9.04. The lowest BCUT2D eigenvalue weighted by molar-refractivity contribution is -0.140. The molecule has 1 fully saturated rings. The maximum Gasteiger partial charge on any atom is 0.372 e. The highest BCUT2D eigenvalue weighted by atomic mass is 35.5. The van der Waals surface area contributed by atoms with Gasteiger partial charge in [-0.3, -0.25) is 4.79 Å². The van der Waals surface area contributed by atoms with Gasteiger partial charge in [0.05, 0.1) is 15.7 Å². The fourth-order valence-corrected chi connectivity index (χ4v) is 4.27. The summed E-state index contributed by atoms with van der Waals surface area (Å²) in [7, 11) is 0. The maximum absolute atomic E-state index is 12.1. The van der Waals surface area contributed by atoms with E-state index in [0.29, 0.717) is 18.6 Å². The molecule has 1 N–H and O–H groups in total. The fourth-order valence-electron chi connectivity index (χ4n) is 3.72. The Bertz CT molecular complexity index is 1160. The van der Waals surface area contributed by atoms with Crippen molar-refractivity contribution in [1.29, 1.82) is 5.26 Å². The number of carbonyl (C=O) groups excluding carboxylic acids is 2. The molecule has 11 nitrogen and oxygen atoms in total. The molecule has 0 spiro atoms. The lowest BCUT2D eigenvalue weighted by atomic mass is 9.99. The Labute approximate surface area is 211 Å². The van der Waals surface area contributed by atoms with Crippen molar-refractivity contribution in [2.75, 3.05) is 11.6 Å². The number of aliphatic hydroxyl groups is 1. The van der Waals surface area contributed by atoms with Crippen molar-refractivity contribution in [1.82, 2.24) is 10.3 Å². The molecule has 1 aromatic rings. The van der Waals surface area contributed by atoms with E-state index in [4.69, 9.17) is 37.9 Å². The number of anilines is 1. The molecule has 3 heterocycles. The first-order valence-corrected chi connectivity index (χ1v) is 11.6. The average Bonchev–Trinajstić information content (AvgIpc) is 2.82. The van der Waals surface area contributed by atoms with Crippen LogP contribution in [0.2, 0.25) is 10.0 Å². The van der Waals surface area contributed by atoms with Gasteiger partial charge < -0.3 is 14.6 Å². The first-order valence-electron chi connectivity index (χ1n) is 10.8. The number of nitriles is 1. The van der Waals surface area contributed by atoms with Crippen LogP contribution in [0.3, 0.4) is 0 Å². The third kappa shape index (κ3) is 5.11. The quantitative estimate of drug-likeness (QED) is 0.642. The van der Waals surface area contributed by atoms with Gasteiger partial charge >= 0.3 is 11.9 Å². The number of amides is 3. The van der Waals surface area contributed by atoms with E-state index in [1.165, 1.54) is 17.1 Å². The second-order valence-electron chi connectivity index (χ2n) is 8.22. The number of nitrogens with zero attached hydrogens (tertiary/aromatic N) is 6. The summed E-state index contributed by atoms with van der Waals surface area (Å²) in [5.74, 6) is -0.841. The molecule has 0 saturated carbocycles. The predicted molar refractivity (Wildman–Crippen MR) is 127 cm³/mol. The molecule has 3 aliphatic heterocycles. The molecule has 3 amide bonds. The smallest absolute Gasteiger partial charge is 0.372 e. The van der Waals surface area contributed by atoms with Gasteiger partial charge in [-0.05, 0) is 42.9 Å². The monoisotopic (exact) mass is 519 g/mol. The number of hydrogen-bond donors (Lipinski definition) is 1. The van der Waals surface area contributed by atoms with Crippen molar-refractivity contribution < 1.29 is 24.2 Å². The molecule has 1 radical (unpaired) electrons. The second kappa shape index (κ2) is 10.2. The Hall–Kier alpha value is -3.17. The summed E-state index contributed by atoms with van der Waals surface area (Å²) >= 11 is 12.8. The molecule has 1 saturated heterocycles. The minimum Gasteiger partial charge on any atom is -0.434 e. The van der Waals surface area contributed by atoms with Crippen LogP contribution in [0.5, 0.6) is 5.75 Å². The summed E-state index contributed by atoms with van der Waals surface area (Å²) < 4.78 is 11.7. The number of rotatable bonds is 4. The third-order valence-corrected chi connectivity index (χ3v) is 6.05. The van der Waals surface area contributed by atoms with E-state index in [-0.39, 0.29) is 33.3 Å². The van der Waals surface area contributed by atoms with Crippen molar-refractivity contribution in [3.05, 3.63) is 33.8 Å². The number of hydrazone groups is 2. The summed E-state index contributed by atoms with van der Waals surface area (Å²) in [6.45, 7) is 4.45. The van der Waals surface area contributed by atoms with Crippen LogP contribution in [0.25, 0.3) is 0 Å². The molecule has 35 heavy (non-hydrogen) atoms. The van der Waals surface area contributed by atoms with Crippen molar-refractivity contribution in [2.45, 2.75) is 45.6 Å². The SMILES string of the molecule is CC(C)C1=CC(Oc2c(Cl)cc(N3N=C(C#N)C(=O)[N]C3=O)cc2Cl)=NN(C2CCCCO2)C1O. The first-order chi connectivity index (χ1) is 16.7. The van der Waals surface area contributed by atoms with E-state index < -0.39 is 30.1 Å². The van der Waals surface area contributed by atoms with Crippen LogP contribution in [0.15, 0.2) is 34.0 Å². The molecule has 13 heteroatoms.